The highest BCUT2D eigenvalue weighted by molar-refractivity contribution is 6.18. The number of phenols is 1. The van der Waals surface area contributed by atoms with Gasteiger partial charge in [0.05, 0.1) is 26.4 Å². The Kier molecular flexibility index (Phi) is 12.2. The Labute approximate surface area is 236 Å². The number of hydrogen-bond donors (Lipinski definition) is 1. The fourth-order valence-corrected chi connectivity index (χ4v) is 4.82. The molecule has 0 saturated carbocycles. The van der Waals surface area contributed by atoms with Crippen molar-refractivity contribution in [2.75, 3.05) is 78.2 Å². The summed E-state index contributed by atoms with van der Waals surface area (Å²) in [5, 5.41) is 13.8. The van der Waals surface area contributed by atoms with E-state index in [2.05, 4.69) is 40.1 Å². The second-order valence-electron chi connectivity index (χ2n) is 9.42. The van der Waals surface area contributed by atoms with Crippen molar-refractivity contribution < 1.29 is 19.3 Å². The van der Waals surface area contributed by atoms with Crippen molar-refractivity contribution in [2.24, 2.45) is 0 Å². The monoisotopic (exact) mass is 550 g/mol. The van der Waals surface area contributed by atoms with E-state index in [1.165, 1.54) is 10.8 Å². The third-order valence-electron chi connectivity index (χ3n) is 6.79. The number of rotatable bonds is 6. The van der Waals surface area contributed by atoms with E-state index in [-0.39, 0.29) is 0 Å². The minimum Gasteiger partial charge on any atom is -0.507 e. The topological polar surface area (TPSA) is 54.4 Å². The van der Waals surface area contributed by atoms with Crippen molar-refractivity contribution in [3.8, 4) is 11.5 Å². The number of morpholine rings is 2. The fraction of sp³-hybridized carbons (Fsp3) is 0.375. The lowest BCUT2D eigenvalue weighted by molar-refractivity contribution is 0.0323. The summed E-state index contributed by atoms with van der Waals surface area (Å²) in [6.07, 6.45) is 0. The lowest BCUT2D eigenvalue weighted by Crippen LogP contribution is -2.38. The summed E-state index contributed by atoms with van der Waals surface area (Å²) in [6.45, 7) is 10.2. The number of benzene rings is 4. The highest BCUT2D eigenvalue weighted by Gasteiger charge is 2.10. The van der Waals surface area contributed by atoms with Crippen LogP contribution >= 0.6 is 11.6 Å². The molecule has 6 rings (SSSR count). The van der Waals surface area contributed by atoms with Crippen LogP contribution in [-0.2, 0) is 9.47 Å². The minimum atomic E-state index is 0.350. The average Bonchev–Trinajstić information content (AvgIpc) is 3.00. The lowest BCUT2D eigenvalue weighted by Gasteiger charge is -2.26. The van der Waals surface area contributed by atoms with Gasteiger partial charge in [0.25, 0.3) is 0 Å². The Balaban J connectivity index is 0.000000149. The van der Waals surface area contributed by atoms with Crippen molar-refractivity contribution in [1.82, 2.24) is 9.80 Å². The zero-order valence-corrected chi connectivity index (χ0v) is 23.3. The van der Waals surface area contributed by atoms with Gasteiger partial charge in [0.2, 0.25) is 0 Å². The second kappa shape index (κ2) is 16.3. The van der Waals surface area contributed by atoms with Crippen LogP contribution in [0.25, 0.3) is 21.5 Å². The molecule has 0 spiro atoms. The Bertz CT molecular complexity index is 1250. The minimum absolute atomic E-state index is 0.350. The maximum atomic E-state index is 9.37. The van der Waals surface area contributed by atoms with Crippen LogP contribution in [0.15, 0.2) is 84.9 Å². The van der Waals surface area contributed by atoms with Gasteiger partial charge in [-0.25, -0.2) is 0 Å². The van der Waals surface area contributed by atoms with Crippen LogP contribution in [0.3, 0.4) is 0 Å². The molecule has 0 aromatic heterocycles. The maximum absolute atomic E-state index is 9.37. The van der Waals surface area contributed by atoms with Crippen LogP contribution in [0, 0.1) is 0 Å². The van der Waals surface area contributed by atoms with E-state index < -0.39 is 0 Å². The first-order valence-corrected chi connectivity index (χ1v) is 14.2. The van der Waals surface area contributed by atoms with Gasteiger partial charge in [-0.15, -0.1) is 11.6 Å². The molecule has 7 heteroatoms. The summed E-state index contributed by atoms with van der Waals surface area (Å²) in [6, 6.07) is 27.8. The van der Waals surface area contributed by atoms with Gasteiger partial charge < -0.3 is 19.3 Å². The van der Waals surface area contributed by atoms with Crippen molar-refractivity contribution in [2.45, 2.75) is 0 Å². The smallest absolute Gasteiger partial charge is 0.127 e. The number of aromatic hydroxyl groups is 1. The van der Waals surface area contributed by atoms with Gasteiger partial charge in [0, 0.05) is 55.9 Å². The number of phenolic OH excluding ortho intramolecular Hbond substituents is 1. The number of alkyl halides is 1. The predicted molar refractivity (Wildman–Crippen MR) is 160 cm³/mol. The van der Waals surface area contributed by atoms with E-state index in [0.717, 1.165) is 94.7 Å². The van der Waals surface area contributed by atoms with Crippen LogP contribution in [0.1, 0.15) is 0 Å². The van der Waals surface area contributed by atoms with Gasteiger partial charge >= 0.3 is 0 Å². The molecule has 2 saturated heterocycles. The molecule has 2 aliphatic heterocycles. The van der Waals surface area contributed by atoms with E-state index in [1.807, 2.05) is 48.5 Å². The van der Waals surface area contributed by atoms with E-state index in [0.29, 0.717) is 5.75 Å². The van der Waals surface area contributed by atoms with Gasteiger partial charge in [-0.2, -0.15) is 0 Å². The van der Waals surface area contributed by atoms with Crippen molar-refractivity contribution in [3.05, 3.63) is 84.9 Å². The highest BCUT2D eigenvalue weighted by atomic mass is 35.5. The summed E-state index contributed by atoms with van der Waals surface area (Å²) in [5.41, 5.74) is 0. The van der Waals surface area contributed by atoms with Gasteiger partial charge in [0.15, 0.2) is 0 Å². The lowest BCUT2D eigenvalue weighted by atomic mass is 10.1. The molecular formula is C32H39ClN2O4. The molecule has 0 bridgehead atoms. The predicted octanol–water partition coefficient (Wildman–Crippen LogP) is 5.65. The Morgan fingerprint density at radius 3 is 1.77 bits per heavy atom. The number of fused-ring (bicyclic) bond motifs is 2. The zero-order chi connectivity index (χ0) is 27.1. The first-order chi connectivity index (χ1) is 19.2. The highest BCUT2D eigenvalue weighted by Crippen LogP contribution is 2.25. The fourth-order valence-electron chi connectivity index (χ4n) is 4.58. The first-order valence-electron chi connectivity index (χ1n) is 13.7. The van der Waals surface area contributed by atoms with Crippen LogP contribution < -0.4 is 4.74 Å². The largest absolute Gasteiger partial charge is 0.507 e. The Morgan fingerprint density at radius 2 is 1.15 bits per heavy atom. The normalized spacial score (nSPS) is 16.1. The maximum Gasteiger partial charge on any atom is 0.127 e. The molecule has 2 aliphatic rings. The SMILES string of the molecule is ClCCN1CCOCC1.Oc1cccc2ccccc12.c1ccc2c(OCCN3CCOCC3)cccc2c1. The van der Waals surface area contributed by atoms with Crippen LogP contribution in [0.4, 0.5) is 0 Å². The molecule has 2 heterocycles. The average molecular weight is 551 g/mol. The molecule has 4 aromatic carbocycles. The number of ether oxygens (including phenoxy) is 3. The van der Waals surface area contributed by atoms with Crippen LogP contribution in [0.5, 0.6) is 11.5 Å². The molecule has 39 heavy (non-hydrogen) atoms. The third kappa shape index (κ3) is 9.38. The molecule has 6 nitrogen and oxygen atoms in total. The molecule has 0 aliphatic carbocycles. The number of hydrogen-bond acceptors (Lipinski definition) is 6. The molecule has 208 valence electrons. The molecule has 2 fully saturated rings. The quantitative estimate of drug-likeness (QED) is 0.313. The Morgan fingerprint density at radius 1 is 0.641 bits per heavy atom. The summed E-state index contributed by atoms with van der Waals surface area (Å²) >= 11 is 5.55. The number of nitrogens with zero attached hydrogens (tertiary/aromatic N) is 2. The molecule has 0 unspecified atom stereocenters. The molecule has 0 amide bonds. The van der Waals surface area contributed by atoms with Crippen molar-refractivity contribution >= 4 is 33.1 Å². The summed E-state index contributed by atoms with van der Waals surface area (Å²) < 4.78 is 16.4. The zero-order valence-electron chi connectivity index (χ0n) is 22.5. The van der Waals surface area contributed by atoms with Gasteiger partial charge in [-0.1, -0.05) is 72.8 Å². The summed E-state index contributed by atoms with van der Waals surface area (Å²) in [4.78, 5) is 4.70. The molecule has 0 radical (unpaired) electrons. The van der Waals surface area contributed by atoms with Gasteiger partial charge in [0.1, 0.15) is 18.1 Å². The second-order valence-corrected chi connectivity index (χ2v) is 9.80. The summed E-state index contributed by atoms with van der Waals surface area (Å²) in [5.74, 6) is 2.06. The van der Waals surface area contributed by atoms with Crippen molar-refractivity contribution in [1.29, 1.82) is 0 Å². The standard InChI is InChI=1S/C16H19NO2.C10H8O.C6H12ClNO/c1-2-6-15-14(4-1)5-3-7-16(15)19-13-10-17-8-11-18-12-9-17;11-10-7-3-5-8-4-1-2-6-9(8)10;7-1-2-8-3-5-9-6-4-8/h1-7H,8-13H2;1-7,11H;1-6H2. The summed E-state index contributed by atoms with van der Waals surface area (Å²) in [7, 11) is 0. The Hall–Kier alpha value is -2.87. The van der Waals surface area contributed by atoms with E-state index in [4.69, 9.17) is 25.8 Å². The molecule has 1 N–H and O–H groups in total. The number of halogens is 1. The van der Waals surface area contributed by atoms with Crippen LogP contribution in [-0.4, -0.2) is 93.1 Å². The first kappa shape index (κ1) is 29.1. The van der Waals surface area contributed by atoms with Crippen molar-refractivity contribution in [3.63, 3.8) is 0 Å². The molecule has 0 atom stereocenters. The van der Waals surface area contributed by atoms with Gasteiger partial charge in [-0.05, 0) is 22.9 Å². The third-order valence-corrected chi connectivity index (χ3v) is 6.96. The van der Waals surface area contributed by atoms with E-state index >= 15 is 0 Å². The van der Waals surface area contributed by atoms with Crippen LogP contribution in [0.2, 0.25) is 0 Å². The van der Waals surface area contributed by atoms with E-state index in [1.54, 1.807) is 6.07 Å². The molecule has 4 aromatic rings. The van der Waals surface area contributed by atoms with Gasteiger partial charge in [-0.3, -0.25) is 9.80 Å². The van der Waals surface area contributed by atoms with E-state index in [9.17, 15) is 5.11 Å². The molecular weight excluding hydrogens is 512 g/mol.